The number of benzene rings is 1. The van der Waals surface area contributed by atoms with Gasteiger partial charge in [-0.15, -0.1) is 0 Å². The molecule has 1 atom stereocenters. The lowest BCUT2D eigenvalue weighted by molar-refractivity contribution is -0.128. The molecule has 2 N–H and O–H groups in total. The summed E-state index contributed by atoms with van der Waals surface area (Å²) in [6.45, 7) is 2.53. The predicted octanol–water partition coefficient (Wildman–Crippen LogP) is 2.87. The van der Waals surface area contributed by atoms with E-state index < -0.39 is 0 Å². The van der Waals surface area contributed by atoms with E-state index in [2.05, 4.69) is 6.92 Å². The summed E-state index contributed by atoms with van der Waals surface area (Å²) < 4.78 is 5.79. The van der Waals surface area contributed by atoms with Crippen molar-refractivity contribution in [3.63, 3.8) is 0 Å². The Kier molecular flexibility index (Phi) is 7.54. The Bertz CT molecular complexity index is 464. The number of para-hydroxylation sites is 1. The molecule has 1 amide bonds. The van der Waals surface area contributed by atoms with E-state index in [0.29, 0.717) is 30.2 Å². The van der Waals surface area contributed by atoms with Crippen LogP contribution in [0.3, 0.4) is 0 Å². The average molecular weight is 313 g/mol. The third-order valence-electron chi connectivity index (χ3n) is 3.34. The van der Waals surface area contributed by atoms with Gasteiger partial charge in [-0.05, 0) is 30.9 Å². The van der Waals surface area contributed by atoms with Crippen molar-refractivity contribution in [3.8, 4) is 5.75 Å². The van der Waals surface area contributed by atoms with Crippen molar-refractivity contribution in [1.29, 1.82) is 0 Å². The SMILES string of the molecule is CCC(N)Cc1cccc(Cl)c1OCCCC(=O)N(C)C. The number of ether oxygens (including phenoxy) is 1. The summed E-state index contributed by atoms with van der Waals surface area (Å²) in [4.78, 5) is 13.1. The second kappa shape index (κ2) is 8.90. The fourth-order valence-corrected chi connectivity index (χ4v) is 2.17. The molecule has 1 unspecified atom stereocenters. The zero-order valence-corrected chi connectivity index (χ0v) is 13.8. The van der Waals surface area contributed by atoms with Crippen molar-refractivity contribution in [2.24, 2.45) is 5.73 Å². The van der Waals surface area contributed by atoms with Gasteiger partial charge in [-0.2, -0.15) is 0 Å². The lowest BCUT2D eigenvalue weighted by Crippen LogP contribution is -2.22. The number of carbonyl (C=O) groups excluding carboxylic acids is 1. The van der Waals surface area contributed by atoms with E-state index in [1.54, 1.807) is 19.0 Å². The molecule has 0 aliphatic carbocycles. The average Bonchev–Trinajstić information content (AvgIpc) is 2.45. The summed E-state index contributed by atoms with van der Waals surface area (Å²) in [6.07, 6.45) is 2.79. The first-order valence-electron chi connectivity index (χ1n) is 7.31. The first-order chi connectivity index (χ1) is 9.95. The number of rotatable bonds is 8. The van der Waals surface area contributed by atoms with E-state index in [-0.39, 0.29) is 11.9 Å². The molecule has 0 fully saturated rings. The minimum absolute atomic E-state index is 0.0983. The predicted molar refractivity (Wildman–Crippen MR) is 86.8 cm³/mol. The van der Waals surface area contributed by atoms with Gasteiger partial charge >= 0.3 is 0 Å². The highest BCUT2D eigenvalue weighted by molar-refractivity contribution is 6.32. The van der Waals surface area contributed by atoms with Gasteiger partial charge in [-0.3, -0.25) is 4.79 Å². The maximum atomic E-state index is 11.5. The maximum absolute atomic E-state index is 11.5. The summed E-state index contributed by atoms with van der Waals surface area (Å²) in [6, 6.07) is 5.80. The monoisotopic (exact) mass is 312 g/mol. The number of hydrogen-bond donors (Lipinski definition) is 1. The normalized spacial score (nSPS) is 12.0. The van der Waals surface area contributed by atoms with Crippen LogP contribution in [-0.2, 0) is 11.2 Å². The van der Waals surface area contributed by atoms with Crippen molar-refractivity contribution in [2.45, 2.75) is 38.6 Å². The largest absolute Gasteiger partial charge is 0.492 e. The highest BCUT2D eigenvalue weighted by Gasteiger charge is 2.12. The van der Waals surface area contributed by atoms with Crippen LogP contribution in [0.15, 0.2) is 18.2 Å². The topological polar surface area (TPSA) is 55.6 Å². The molecule has 0 saturated heterocycles. The van der Waals surface area contributed by atoms with Gasteiger partial charge in [0.2, 0.25) is 5.91 Å². The van der Waals surface area contributed by atoms with E-state index in [0.717, 1.165) is 18.4 Å². The first-order valence-corrected chi connectivity index (χ1v) is 7.69. The number of halogens is 1. The van der Waals surface area contributed by atoms with Gasteiger partial charge in [0.05, 0.1) is 11.6 Å². The second-order valence-corrected chi connectivity index (χ2v) is 5.75. The van der Waals surface area contributed by atoms with Crippen LogP contribution in [-0.4, -0.2) is 37.6 Å². The highest BCUT2D eigenvalue weighted by atomic mass is 35.5. The van der Waals surface area contributed by atoms with Crippen LogP contribution >= 0.6 is 11.6 Å². The van der Waals surface area contributed by atoms with Crippen LogP contribution in [0.4, 0.5) is 0 Å². The third kappa shape index (κ3) is 5.94. The molecule has 0 aliphatic heterocycles. The van der Waals surface area contributed by atoms with E-state index in [1.807, 2.05) is 18.2 Å². The van der Waals surface area contributed by atoms with E-state index in [1.165, 1.54) is 0 Å². The molecule has 0 bridgehead atoms. The van der Waals surface area contributed by atoms with Crippen LogP contribution in [0, 0.1) is 0 Å². The van der Waals surface area contributed by atoms with Gasteiger partial charge in [0.15, 0.2) is 0 Å². The molecule has 0 aromatic heterocycles. The van der Waals surface area contributed by atoms with Crippen molar-refractivity contribution < 1.29 is 9.53 Å². The van der Waals surface area contributed by atoms with Gasteiger partial charge in [-0.25, -0.2) is 0 Å². The van der Waals surface area contributed by atoms with Crippen molar-refractivity contribution in [3.05, 3.63) is 28.8 Å². The Morgan fingerprint density at radius 2 is 2.14 bits per heavy atom. The first kappa shape index (κ1) is 17.8. The molecule has 5 heteroatoms. The molecule has 118 valence electrons. The summed E-state index contributed by atoms with van der Waals surface area (Å²) in [5.41, 5.74) is 7.03. The van der Waals surface area contributed by atoms with Crippen LogP contribution in [0.5, 0.6) is 5.75 Å². The molecule has 21 heavy (non-hydrogen) atoms. The summed E-state index contributed by atoms with van der Waals surface area (Å²) in [7, 11) is 3.50. The second-order valence-electron chi connectivity index (χ2n) is 5.34. The Balaban J connectivity index is 2.59. The minimum atomic E-state index is 0.0983. The fourth-order valence-electron chi connectivity index (χ4n) is 1.92. The van der Waals surface area contributed by atoms with Crippen LogP contribution in [0.25, 0.3) is 0 Å². The molecule has 1 aromatic carbocycles. The van der Waals surface area contributed by atoms with Crippen molar-refractivity contribution in [1.82, 2.24) is 4.90 Å². The zero-order chi connectivity index (χ0) is 15.8. The summed E-state index contributed by atoms with van der Waals surface area (Å²) in [5.74, 6) is 0.798. The summed E-state index contributed by atoms with van der Waals surface area (Å²) >= 11 is 6.21. The lowest BCUT2D eigenvalue weighted by Gasteiger charge is -2.16. The lowest BCUT2D eigenvalue weighted by atomic mass is 10.0. The van der Waals surface area contributed by atoms with Crippen molar-refractivity contribution in [2.75, 3.05) is 20.7 Å². The Morgan fingerprint density at radius 3 is 2.76 bits per heavy atom. The standard InChI is InChI=1S/C16H25ClN2O2/c1-4-13(18)11-12-7-5-8-14(17)16(12)21-10-6-9-15(20)19(2)3/h5,7-8,13H,4,6,9-11,18H2,1-3H3. The number of nitrogens with zero attached hydrogens (tertiary/aromatic N) is 1. The Morgan fingerprint density at radius 1 is 1.43 bits per heavy atom. The van der Waals surface area contributed by atoms with Gasteiger partial charge in [-0.1, -0.05) is 30.7 Å². The minimum Gasteiger partial charge on any atom is -0.492 e. The van der Waals surface area contributed by atoms with Gasteiger partial charge < -0.3 is 15.4 Å². The number of nitrogens with two attached hydrogens (primary N) is 1. The van der Waals surface area contributed by atoms with Gasteiger partial charge in [0.25, 0.3) is 0 Å². The number of amides is 1. The maximum Gasteiger partial charge on any atom is 0.222 e. The molecule has 0 saturated carbocycles. The molecular formula is C16H25ClN2O2. The van der Waals surface area contributed by atoms with Crippen LogP contribution in [0.2, 0.25) is 5.02 Å². The molecule has 0 spiro atoms. The Labute approximate surface area is 132 Å². The van der Waals surface area contributed by atoms with E-state index >= 15 is 0 Å². The number of carbonyl (C=O) groups is 1. The molecule has 1 aromatic rings. The van der Waals surface area contributed by atoms with Gasteiger partial charge in [0.1, 0.15) is 5.75 Å². The molecular weight excluding hydrogens is 288 g/mol. The Hall–Kier alpha value is -1.26. The molecule has 4 nitrogen and oxygen atoms in total. The van der Waals surface area contributed by atoms with Gasteiger partial charge in [0, 0.05) is 26.6 Å². The van der Waals surface area contributed by atoms with E-state index in [9.17, 15) is 4.79 Å². The molecule has 1 rings (SSSR count). The quantitative estimate of drug-likeness (QED) is 0.751. The molecule has 0 radical (unpaired) electrons. The molecule has 0 aliphatic rings. The van der Waals surface area contributed by atoms with Crippen LogP contribution < -0.4 is 10.5 Å². The smallest absolute Gasteiger partial charge is 0.222 e. The molecule has 0 heterocycles. The fraction of sp³-hybridized carbons (Fsp3) is 0.562. The third-order valence-corrected chi connectivity index (χ3v) is 3.63. The van der Waals surface area contributed by atoms with E-state index in [4.69, 9.17) is 22.1 Å². The van der Waals surface area contributed by atoms with Crippen molar-refractivity contribution >= 4 is 17.5 Å². The highest BCUT2D eigenvalue weighted by Crippen LogP contribution is 2.29. The number of hydrogen-bond acceptors (Lipinski definition) is 3. The van der Waals surface area contributed by atoms with Crippen LogP contribution in [0.1, 0.15) is 31.7 Å². The zero-order valence-electron chi connectivity index (χ0n) is 13.1. The summed E-state index contributed by atoms with van der Waals surface area (Å²) in [5, 5.41) is 0.592.